The maximum atomic E-state index is 13.2. The standard InChI is InChI=1S/C21H20ClNO6/c1-3-28-20(26)17(18(24)13-8-6-5-7-9-13)19(25)15-11-10-14(22)12-16(15)23-21(27)29-4-2/h5-12,24H,3-4H2,1-2H3,(H,23,27)/b18-17-. The molecule has 0 fully saturated rings. The van der Waals surface area contributed by atoms with E-state index in [1.807, 2.05) is 0 Å². The molecule has 2 aromatic rings. The first-order valence-corrected chi connectivity index (χ1v) is 9.20. The number of Topliss-reactive ketones (excluding diaryl/α,β-unsaturated/α-hetero) is 1. The van der Waals surface area contributed by atoms with Crippen LogP contribution >= 0.6 is 11.6 Å². The van der Waals surface area contributed by atoms with E-state index in [2.05, 4.69) is 5.32 Å². The Labute approximate surface area is 172 Å². The number of halogens is 1. The molecule has 0 heterocycles. The molecule has 0 aliphatic carbocycles. The lowest BCUT2D eigenvalue weighted by Crippen LogP contribution is -2.21. The summed E-state index contributed by atoms with van der Waals surface area (Å²) < 4.78 is 9.78. The first kappa shape index (κ1) is 22.0. The number of nitrogens with one attached hydrogen (secondary N) is 1. The van der Waals surface area contributed by atoms with Crippen molar-refractivity contribution in [2.45, 2.75) is 13.8 Å². The Morgan fingerprint density at radius 2 is 1.66 bits per heavy atom. The number of aliphatic hydroxyl groups excluding tert-OH is 1. The number of carbonyl (C=O) groups is 3. The molecule has 0 aliphatic rings. The molecule has 0 atom stereocenters. The molecule has 152 valence electrons. The summed E-state index contributed by atoms with van der Waals surface area (Å²) in [5.74, 6) is -2.37. The van der Waals surface area contributed by atoms with Crippen molar-refractivity contribution >= 4 is 40.9 Å². The van der Waals surface area contributed by atoms with E-state index in [4.69, 9.17) is 21.1 Å². The third-order valence-electron chi connectivity index (χ3n) is 3.73. The Balaban J connectivity index is 2.57. The molecule has 0 unspecified atom stereocenters. The largest absolute Gasteiger partial charge is 0.506 e. The van der Waals surface area contributed by atoms with Crippen LogP contribution in [0.1, 0.15) is 29.8 Å². The summed E-state index contributed by atoms with van der Waals surface area (Å²) in [4.78, 5) is 37.5. The van der Waals surface area contributed by atoms with Gasteiger partial charge in [0.05, 0.1) is 18.9 Å². The van der Waals surface area contributed by atoms with Crippen molar-refractivity contribution in [3.05, 3.63) is 70.3 Å². The maximum absolute atomic E-state index is 13.2. The topological polar surface area (TPSA) is 102 Å². The fourth-order valence-corrected chi connectivity index (χ4v) is 2.64. The molecule has 0 spiro atoms. The van der Waals surface area contributed by atoms with Gasteiger partial charge in [-0.3, -0.25) is 10.1 Å². The lowest BCUT2D eigenvalue weighted by atomic mass is 9.98. The zero-order valence-corrected chi connectivity index (χ0v) is 16.7. The maximum Gasteiger partial charge on any atom is 0.411 e. The molecule has 29 heavy (non-hydrogen) atoms. The molecular weight excluding hydrogens is 398 g/mol. The summed E-state index contributed by atoms with van der Waals surface area (Å²) in [6.45, 7) is 3.34. The number of anilines is 1. The zero-order valence-electron chi connectivity index (χ0n) is 15.9. The van der Waals surface area contributed by atoms with Gasteiger partial charge in [0.1, 0.15) is 11.3 Å². The lowest BCUT2D eigenvalue weighted by Gasteiger charge is -2.14. The van der Waals surface area contributed by atoms with Crippen LogP contribution < -0.4 is 5.32 Å². The second kappa shape index (κ2) is 10.3. The quantitative estimate of drug-likeness (QED) is 0.170. The molecule has 0 radical (unpaired) electrons. The van der Waals surface area contributed by atoms with Gasteiger partial charge in [-0.05, 0) is 32.0 Å². The minimum Gasteiger partial charge on any atom is -0.506 e. The highest BCUT2D eigenvalue weighted by molar-refractivity contribution is 6.32. The van der Waals surface area contributed by atoms with E-state index in [-0.39, 0.29) is 35.1 Å². The minimum atomic E-state index is -0.990. The molecule has 8 heteroatoms. The summed E-state index contributed by atoms with van der Waals surface area (Å²) >= 11 is 5.98. The van der Waals surface area contributed by atoms with Crippen molar-refractivity contribution in [2.75, 3.05) is 18.5 Å². The number of benzene rings is 2. The van der Waals surface area contributed by atoms with E-state index in [1.54, 1.807) is 44.2 Å². The van der Waals surface area contributed by atoms with Crippen LogP contribution in [0.5, 0.6) is 0 Å². The van der Waals surface area contributed by atoms with Crippen LogP contribution in [0.2, 0.25) is 5.02 Å². The zero-order chi connectivity index (χ0) is 21.4. The number of rotatable bonds is 7. The van der Waals surface area contributed by atoms with Crippen molar-refractivity contribution in [2.24, 2.45) is 0 Å². The van der Waals surface area contributed by atoms with E-state index in [0.29, 0.717) is 0 Å². The lowest BCUT2D eigenvalue weighted by molar-refractivity contribution is -0.138. The molecular formula is C21H20ClNO6. The summed E-state index contributed by atoms with van der Waals surface area (Å²) in [5.41, 5.74) is -0.332. The van der Waals surface area contributed by atoms with Gasteiger partial charge < -0.3 is 14.6 Å². The van der Waals surface area contributed by atoms with Gasteiger partial charge in [0.15, 0.2) is 0 Å². The number of ketones is 1. The average molecular weight is 418 g/mol. The molecule has 0 saturated carbocycles. The first-order chi connectivity index (χ1) is 13.9. The number of aliphatic hydroxyl groups is 1. The fourth-order valence-electron chi connectivity index (χ4n) is 2.47. The Hall–Kier alpha value is -3.32. The highest BCUT2D eigenvalue weighted by atomic mass is 35.5. The minimum absolute atomic E-state index is 0.00618. The van der Waals surface area contributed by atoms with Crippen molar-refractivity contribution in [1.82, 2.24) is 0 Å². The third-order valence-corrected chi connectivity index (χ3v) is 3.96. The number of ether oxygens (including phenoxy) is 2. The van der Waals surface area contributed by atoms with Crippen LogP contribution in [0, 0.1) is 0 Å². The third kappa shape index (κ3) is 5.58. The smallest absolute Gasteiger partial charge is 0.411 e. The van der Waals surface area contributed by atoms with Crippen molar-refractivity contribution in [1.29, 1.82) is 0 Å². The van der Waals surface area contributed by atoms with Gasteiger partial charge in [-0.2, -0.15) is 0 Å². The van der Waals surface area contributed by atoms with Crippen LogP contribution in [-0.2, 0) is 14.3 Å². The highest BCUT2D eigenvalue weighted by Crippen LogP contribution is 2.27. The van der Waals surface area contributed by atoms with Crippen LogP contribution in [-0.4, -0.2) is 36.2 Å². The van der Waals surface area contributed by atoms with Gasteiger partial charge in [-0.25, -0.2) is 9.59 Å². The number of amides is 1. The average Bonchev–Trinajstić information content (AvgIpc) is 2.69. The molecule has 2 aromatic carbocycles. The molecule has 1 amide bonds. The Morgan fingerprint density at radius 3 is 2.28 bits per heavy atom. The summed E-state index contributed by atoms with van der Waals surface area (Å²) in [7, 11) is 0. The van der Waals surface area contributed by atoms with Crippen LogP contribution in [0.15, 0.2) is 54.1 Å². The van der Waals surface area contributed by atoms with E-state index < -0.39 is 29.2 Å². The van der Waals surface area contributed by atoms with Gasteiger partial charge in [-0.1, -0.05) is 41.9 Å². The van der Waals surface area contributed by atoms with Crippen LogP contribution in [0.4, 0.5) is 10.5 Å². The Morgan fingerprint density at radius 1 is 1.00 bits per heavy atom. The first-order valence-electron chi connectivity index (χ1n) is 8.82. The summed E-state index contributed by atoms with van der Waals surface area (Å²) in [6, 6.07) is 12.2. The molecule has 2 rings (SSSR count). The van der Waals surface area contributed by atoms with E-state index in [1.165, 1.54) is 18.2 Å². The van der Waals surface area contributed by atoms with Crippen molar-refractivity contribution in [3.63, 3.8) is 0 Å². The fraction of sp³-hybridized carbons (Fsp3) is 0.190. The van der Waals surface area contributed by atoms with Gasteiger partial charge >= 0.3 is 12.1 Å². The second-order valence-corrected chi connectivity index (χ2v) is 6.11. The van der Waals surface area contributed by atoms with Crippen molar-refractivity contribution in [3.8, 4) is 0 Å². The molecule has 0 bridgehead atoms. The predicted molar refractivity (Wildman–Crippen MR) is 109 cm³/mol. The van der Waals surface area contributed by atoms with E-state index >= 15 is 0 Å². The molecule has 0 aliphatic heterocycles. The van der Waals surface area contributed by atoms with Gasteiger partial charge in [-0.15, -0.1) is 0 Å². The monoisotopic (exact) mass is 417 g/mol. The number of hydrogen-bond donors (Lipinski definition) is 2. The van der Waals surface area contributed by atoms with Gasteiger partial charge in [0.25, 0.3) is 0 Å². The highest BCUT2D eigenvalue weighted by Gasteiger charge is 2.29. The van der Waals surface area contributed by atoms with Gasteiger partial charge in [0, 0.05) is 16.1 Å². The normalized spacial score (nSPS) is 11.3. The Kier molecular flexibility index (Phi) is 7.79. The summed E-state index contributed by atoms with van der Waals surface area (Å²) in [6.07, 6.45) is -0.794. The number of hydrogen-bond acceptors (Lipinski definition) is 6. The molecule has 2 N–H and O–H groups in total. The second-order valence-electron chi connectivity index (χ2n) is 5.67. The SMILES string of the molecule is CCOC(=O)Nc1cc(Cl)ccc1C(=O)/C(C(=O)OCC)=C(/O)c1ccccc1. The number of esters is 1. The van der Waals surface area contributed by atoms with E-state index in [9.17, 15) is 19.5 Å². The summed E-state index contributed by atoms with van der Waals surface area (Å²) in [5, 5.41) is 13.3. The van der Waals surface area contributed by atoms with Crippen molar-refractivity contribution < 1.29 is 29.0 Å². The van der Waals surface area contributed by atoms with Crippen LogP contribution in [0.3, 0.4) is 0 Å². The van der Waals surface area contributed by atoms with Gasteiger partial charge in [0.2, 0.25) is 5.78 Å². The van der Waals surface area contributed by atoms with Crippen LogP contribution in [0.25, 0.3) is 5.76 Å². The molecule has 7 nitrogen and oxygen atoms in total. The predicted octanol–water partition coefficient (Wildman–Crippen LogP) is 4.62. The molecule has 0 aromatic heterocycles. The molecule has 0 saturated heterocycles. The van der Waals surface area contributed by atoms with E-state index in [0.717, 1.165) is 0 Å². The number of carbonyl (C=O) groups excluding carboxylic acids is 3. The Bertz CT molecular complexity index is 939.